The van der Waals surface area contributed by atoms with Gasteiger partial charge in [-0.3, -0.25) is 4.79 Å². The molecule has 3 aliphatic carbocycles. The van der Waals surface area contributed by atoms with Gasteiger partial charge in [-0.05, 0) is 31.1 Å². The van der Waals surface area contributed by atoms with E-state index in [-0.39, 0.29) is 11.9 Å². The number of hydrogen-bond donors (Lipinski definition) is 0. The maximum absolute atomic E-state index is 11.3. The molecule has 0 N–H and O–H groups in total. The van der Waals surface area contributed by atoms with E-state index in [1.807, 2.05) is 0 Å². The van der Waals surface area contributed by atoms with E-state index in [0.717, 1.165) is 6.42 Å². The largest absolute Gasteiger partial charge is 0.469 e. The third-order valence-corrected chi connectivity index (χ3v) is 3.08. The van der Waals surface area contributed by atoms with E-state index in [9.17, 15) is 4.79 Å². The van der Waals surface area contributed by atoms with Crippen molar-refractivity contribution in [3.63, 3.8) is 0 Å². The van der Waals surface area contributed by atoms with E-state index in [2.05, 4.69) is 12.2 Å². The van der Waals surface area contributed by atoms with Gasteiger partial charge in [-0.1, -0.05) is 12.2 Å². The summed E-state index contributed by atoms with van der Waals surface area (Å²) in [7, 11) is 1.48. The highest BCUT2D eigenvalue weighted by atomic mass is 16.5. The zero-order valence-electron chi connectivity index (χ0n) is 7.32. The highest BCUT2D eigenvalue weighted by molar-refractivity contribution is 5.73. The topological polar surface area (TPSA) is 26.3 Å². The molecule has 0 unspecified atom stereocenters. The molecule has 0 spiro atoms. The van der Waals surface area contributed by atoms with Crippen LogP contribution in [-0.4, -0.2) is 13.1 Å². The molecule has 3 rings (SSSR count). The van der Waals surface area contributed by atoms with Crippen LogP contribution in [0.1, 0.15) is 19.3 Å². The first-order valence-corrected chi connectivity index (χ1v) is 4.57. The Kier molecular flexibility index (Phi) is 1.91. The molecule has 3 aliphatic rings. The molecular formula is C10H14O2. The van der Waals surface area contributed by atoms with Crippen molar-refractivity contribution in [1.29, 1.82) is 0 Å². The van der Waals surface area contributed by atoms with Gasteiger partial charge in [-0.25, -0.2) is 0 Å². The lowest BCUT2D eigenvalue weighted by atomic mass is 9.69. The van der Waals surface area contributed by atoms with Crippen molar-refractivity contribution in [3.8, 4) is 0 Å². The summed E-state index contributed by atoms with van der Waals surface area (Å²) >= 11 is 0. The van der Waals surface area contributed by atoms with Crippen molar-refractivity contribution in [2.75, 3.05) is 7.11 Å². The van der Waals surface area contributed by atoms with Gasteiger partial charge in [-0.2, -0.15) is 0 Å². The van der Waals surface area contributed by atoms with Crippen LogP contribution in [0.3, 0.4) is 0 Å². The van der Waals surface area contributed by atoms with E-state index >= 15 is 0 Å². The number of esters is 1. The maximum Gasteiger partial charge on any atom is 0.309 e. The number of carbonyl (C=O) groups excluding carboxylic acids is 1. The Balaban J connectivity index is 2.11. The van der Waals surface area contributed by atoms with Crippen molar-refractivity contribution >= 4 is 5.97 Å². The number of carbonyl (C=O) groups is 1. The summed E-state index contributed by atoms with van der Waals surface area (Å²) in [6.45, 7) is 0. The molecule has 66 valence electrons. The minimum atomic E-state index is -0.0194. The molecule has 0 aromatic carbocycles. The van der Waals surface area contributed by atoms with Crippen LogP contribution in [0.15, 0.2) is 12.2 Å². The highest BCUT2D eigenvalue weighted by Gasteiger charge is 2.36. The van der Waals surface area contributed by atoms with Crippen LogP contribution in [-0.2, 0) is 9.53 Å². The van der Waals surface area contributed by atoms with E-state index in [4.69, 9.17) is 4.74 Å². The van der Waals surface area contributed by atoms with Crippen molar-refractivity contribution in [2.24, 2.45) is 17.8 Å². The highest BCUT2D eigenvalue weighted by Crippen LogP contribution is 2.40. The van der Waals surface area contributed by atoms with Crippen molar-refractivity contribution in [1.82, 2.24) is 0 Å². The summed E-state index contributed by atoms with van der Waals surface area (Å²) < 4.78 is 4.77. The van der Waals surface area contributed by atoms with Crippen LogP contribution in [0.25, 0.3) is 0 Å². The van der Waals surface area contributed by atoms with Gasteiger partial charge < -0.3 is 4.74 Å². The van der Waals surface area contributed by atoms with Gasteiger partial charge in [0.05, 0.1) is 13.0 Å². The van der Waals surface area contributed by atoms with Crippen LogP contribution in [0.4, 0.5) is 0 Å². The van der Waals surface area contributed by atoms with Gasteiger partial charge in [0.15, 0.2) is 0 Å². The maximum atomic E-state index is 11.3. The molecule has 1 saturated carbocycles. The zero-order chi connectivity index (χ0) is 8.55. The van der Waals surface area contributed by atoms with Crippen LogP contribution in [0.5, 0.6) is 0 Å². The van der Waals surface area contributed by atoms with Crippen LogP contribution in [0.2, 0.25) is 0 Å². The predicted octanol–water partition coefficient (Wildman–Crippen LogP) is 1.76. The normalized spacial score (nSPS) is 38.2. The molecule has 2 heteroatoms. The molecular weight excluding hydrogens is 152 g/mol. The zero-order valence-corrected chi connectivity index (χ0v) is 7.32. The second-order valence-corrected chi connectivity index (χ2v) is 3.75. The van der Waals surface area contributed by atoms with E-state index < -0.39 is 0 Å². The summed E-state index contributed by atoms with van der Waals surface area (Å²) in [6, 6.07) is 0. The van der Waals surface area contributed by atoms with Crippen LogP contribution in [0, 0.1) is 17.8 Å². The summed E-state index contributed by atoms with van der Waals surface area (Å²) in [5, 5.41) is 0. The number of allylic oxidation sites excluding steroid dienone is 2. The fraction of sp³-hybridized carbons (Fsp3) is 0.700. The van der Waals surface area contributed by atoms with Gasteiger partial charge in [0.1, 0.15) is 0 Å². The average Bonchev–Trinajstić information content (AvgIpc) is 2.18. The van der Waals surface area contributed by atoms with E-state index in [1.54, 1.807) is 0 Å². The fourth-order valence-corrected chi connectivity index (χ4v) is 2.35. The monoisotopic (exact) mass is 166 g/mol. The number of fused-ring (bicyclic) bond motifs is 2. The lowest BCUT2D eigenvalue weighted by Gasteiger charge is -2.36. The molecule has 0 saturated heterocycles. The Morgan fingerprint density at radius 1 is 1.42 bits per heavy atom. The summed E-state index contributed by atoms with van der Waals surface area (Å²) in [6.07, 6.45) is 7.89. The minimum absolute atomic E-state index is 0.0194. The van der Waals surface area contributed by atoms with Crippen molar-refractivity contribution in [3.05, 3.63) is 12.2 Å². The molecule has 3 atom stereocenters. The molecule has 2 nitrogen and oxygen atoms in total. The van der Waals surface area contributed by atoms with Gasteiger partial charge in [0.25, 0.3) is 0 Å². The lowest BCUT2D eigenvalue weighted by Crippen LogP contribution is -2.33. The van der Waals surface area contributed by atoms with Crippen molar-refractivity contribution in [2.45, 2.75) is 19.3 Å². The molecule has 0 aromatic heterocycles. The molecule has 0 aliphatic heterocycles. The second kappa shape index (κ2) is 2.92. The Bertz CT molecular complexity index is 220. The Hall–Kier alpha value is -0.790. The summed E-state index contributed by atoms with van der Waals surface area (Å²) in [5.41, 5.74) is 0. The molecule has 0 radical (unpaired) electrons. The van der Waals surface area contributed by atoms with Crippen LogP contribution < -0.4 is 0 Å². The third kappa shape index (κ3) is 1.15. The van der Waals surface area contributed by atoms with Gasteiger partial charge in [0.2, 0.25) is 0 Å². The quantitative estimate of drug-likeness (QED) is 0.438. The minimum Gasteiger partial charge on any atom is -0.469 e. The van der Waals surface area contributed by atoms with E-state index in [1.165, 1.54) is 20.0 Å². The number of hydrogen-bond acceptors (Lipinski definition) is 2. The van der Waals surface area contributed by atoms with Crippen LogP contribution >= 0.6 is 0 Å². The Morgan fingerprint density at radius 2 is 2.25 bits per heavy atom. The third-order valence-electron chi connectivity index (χ3n) is 3.08. The molecule has 1 fully saturated rings. The van der Waals surface area contributed by atoms with Gasteiger partial charge in [-0.15, -0.1) is 0 Å². The Morgan fingerprint density at radius 3 is 2.67 bits per heavy atom. The Labute approximate surface area is 72.6 Å². The first-order valence-electron chi connectivity index (χ1n) is 4.57. The van der Waals surface area contributed by atoms with Gasteiger partial charge >= 0.3 is 5.97 Å². The summed E-state index contributed by atoms with van der Waals surface area (Å²) in [5.74, 6) is 1.23. The second-order valence-electron chi connectivity index (χ2n) is 3.75. The number of rotatable bonds is 1. The standard InChI is InChI=1S/C10H14O2/c1-12-10(11)9-6-7-2-4-8(9)5-3-7/h2,4,7-9H,3,5-6H2,1H3/t7-,8-,9+/m0/s1. The SMILES string of the molecule is COC(=O)[C@@H]1C[C@H]2C=C[C@H]1CC2. The fourth-order valence-electron chi connectivity index (χ4n) is 2.35. The smallest absolute Gasteiger partial charge is 0.309 e. The molecule has 0 amide bonds. The molecule has 0 heterocycles. The first-order chi connectivity index (χ1) is 5.81. The predicted molar refractivity (Wildman–Crippen MR) is 45.5 cm³/mol. The molecule has 2 bridgehead atoms. The lowest BCUT2D eigenvalue weighted by molar-refractivity contribution is -0.148. The molecule has 0 aromatic rings. The summed E-state index contributed by atoms with van der Waals surface area (Å²) in [4.78, 5) is 11.3. The van der Waals surface area contributed by atoms with Crippen molar-refractivity contribution < 1.29 is 9.53 Å². The van der Waals surface area contributed by atoms with Gasteiger partial charge in [0, 0.05) is 0 Å². The average molecular weight is 166 g/mol. The van der Waals surface area contributed by atoms with E-state index in [0.29, 0.717) is 11.8 Å². The number of ether oxygens (including phenoxy) is 1. The number of methoxy groups -OCH3 is 1. The molecule has 12 heavy (non-hydrogen) atoms. The first kappa shape index (κ1) is 7.84.